The molecule has 0 aromatic carbocycles. The summed E-state index contributed by atoms with van der Waals surface area (Å²) in [6, 6.07) is 5.29. The van der Waals surface area contributed by atoms with Gasteiger partial charge in [-0.25, -0.2) is 9.97 Å². The summed E-state index contributed by atoms with van der Waals surface area (Å²) >= 11 is 7.21. The standard InChI is InChI=1S/C9H5ClN2OS/c10-9-2-1-8(14-9)7-3-6(4-13)11-5-12-7/h1-5H. The van der Waals surface area contributed by atoms with Gasteiger partial charge in [-0.2, -0.15) is 0 Å². The van der Waals surface area contributed by atoms with Crippen LogP contribution in [0.25, 0.3) is 10.6 Å². The van der Waals surface area contributed by atoms with Gasteiger partial charge in [-0.1, -0.05) is 11.6 Å². The van der Waals surface area contributed by atoms with E-state index in [9.17, 15) is 4.79 Å². The smallest absolute Gasteiger partial charge is 0.168 e. The molecule has 0 saturated carbocycles. The molecule has 0 N–H and O–H groups in total. The summed E-state index contributed by atoms with van der Waals surface area (Å²) in [5.41, 5.74) is 1.10. The van der Waals surface area contributed by atoms with Crippen LogP contribution in [0.4, 0.5) is 0 Å². The van der Waals surface area contributed by atoms with Gasteiger partial charge >= 0.3 is 0 Å². The van der Waals surface area contributed by atoms with Gasteiger partial charge in [0.05, 0.1) is 14.9 Å². The number of hydrogen-bond donors (Lipinski definition) is 0. The predicted octanol–water partition coefficient (Wildman–Crippen LogP) is 2.67. The van der Waals surface area contributed by atoms with Gasteiger partial charge in [-0.05, 0) is 18.2 Å². The number of aldehydes is 1. The van der Waals surface area contributed by atoms with Crippen LogP contribution in [-0.2, 0) is 0 Å². The van der Waals surface area contributed by atoms with E-state index in [4.69, 9.17) is 11.6 Å². The number of nitrogens with zero attached hydrogens (tertiary/aromatic N) is 2. The summed E-state index contributed by atoms with van der Waals surface area (Å²) < 4.78 is 0.700. The predicted molar refractivity (Wildman–Crippen MR) is 55.7 cm³/mol. The monoisotopic (exact) mass is 224 g/mol. The summed E-state index contributed by atoms with van der Waals surface area (Å²) in [7, 11) is 0. The minimum Gasteiger partial charge on any atom is -0.296 e. The average Bonchev–Trinajstić information content (AvgIpc) is 2.65. The Balaban J connectivity index is 2.46. The van der Waals surface area contributed by atoms with E-state index in [0.29, 0.717) is 16.3 Å². The number of hydrogen-bond acceptors (Lipinski definition) is 4. The lowest BCUT2D eigenvalue weighted by molar-refractivity contribution is 0.111. The highest BCUT2D eigenvalue weighted by Gasteiger charge is 2.03. The zero-order valence-electron chi connectivity index (χ0n) is 6.98. The van der Waals surface area contributed by atoms with E-state index in [0.717, 1.165) is 10.6 Å². The highest BCUT2D eigenvalue weighted by molar-refractivity contribution is 7.19. The fraction of sp³-hybridized carbons (Fsp3) is 0. The number of carbonyl (C=O) groups is 1. The normalized spacial score (nSPS) is 10.1. The van der Waals surface area contributed by atoms with E-state index in [1.807, 2.05) is 6.07 Å². The van der Waals surface area contributed by atoms with E-state index in [1.165, 1.54) is 17.7 Å². The topological polar surface area (TPSA) is 42.9 Å². The summed E-state index contributed by atoms with van der Waals surface area (Å²) in [4.78, 5) is 19.2. The molecule has 0 amide bonds. The molecule has 0 spiro atoms. The molecule has 14 heavy (non-hydrogen) atoms. The van der Waals surface area contributed by atoms with Crippen molar-refractivity contribution in [3.8, 4) is 10.6 Å². The van der Waals surface area contributed by atoms with Crippen LogP contribution in [-0.4, -0.2) is 16.3 Å². The van der Waals surface area contributed by atoms with Crippen molar-refractivity contribution in [2.24, 2.45) is 0 Å². The molecular weight excluding hydrogens is 220 g/mol. The lowest BCUT2D eigenvalue weighted by Gasteiger charge is -1.95. The van der Waals surface area contributed by atoms with Gasteiger partial charge in [-0.3, -0.25) is 4.79 Å². The minimum absolute atomic E-state index is 0.375. The lowest BCUT2D eigenvalue weighted by atomic mass is 10.3. The molecule has 0 aliphatic heterocycles. The molecule has 0 unspecified atom stereocenters. The summed E-state index contributed by atoms with van der Waals surface area (Å²) in [6.45, 7) is 0. The Labute approximate surface area is 89.4 Å². The van der Waals surface area contributed by atoms with E-state index in [1.54, 1.807) is 12.1 Å². The zero-order valence-corrected chi connectivity index (χ0v) is 8.55. The highest BCUT2D eigenvalue weighted by atomic mass is 35.5. The van der Waals surface area contributed by atoms with Crippen molar-refractivity contribution in [3.05, 3.63) is 34.6 Å². The Morgan fingerprint density at radius 1 is 1.36 bits per heavy atom. The second-order valence-corrected chi connectivity index (χ2v) is 4.26. The van der Waals surface area contributed by atoms with Gasteiger partial charge in [0.1, 0.15) is 12.0 Å². The van der Waals surface area contributed by atoms with Crippen molar-refractivity contribution in [2.45, 2.75) is 0 Å². The molecule has 5 heteroatoms. The number of rotatable bonds is 2. The van der Waals surface area contributed by atoms with Gasteiger partial charge in [0.15, 0.2) is 6.29 Å². The maximum Gasteiger partial charge on any atom is 0.168 e. The molecule has 0 atom stereocenters. The average molecular weight is 225 g/mol. The van der Waals surface area contributed by atoms with Gasteiger partial charge in [0.2, 0.25) is 0 Å². The second kappa shape index (κ2) is 3.86. The summed E-state index contributed by atoms with van der Waals surface area (Å²) in [6.07, 6.45) is 2.06. The van der Waals surface area contributed by atoms with Gasteiger partial charge in [0, 0.05) is 0 Å². The zero-order chi connectivity index (χ0) is 9.97. The molecular formula is C9H5ClN2OS. The second-order valence-electron chi connectivity index (χ2n) is 2.55. The third-order valence-electron chi connectivity index (χ3n) is 1.63. The first-order valence-corrected chi connectivity index (χ1v) is 5.02. The van der Waals surface area contributed by atoms with Gasteiger partial charge in [-0.15, -0.1) is 11.3 Å². The molecule has 0 radical (unpaired) electrons. The fourth-order valence-electron chi connectivity index (χ4n) is 1.02. The Kier molecular flexibility index (Phi) is 2.56. The molecule has 70 valence electrons. The SMILES string of the molecule is O=Cc1cc(-c2ccc(Cl)s2)ncn1. The van der Waals surface area contributed by atoms with Crippen LogP contribution in [0.5, 0.6) is 0 Å². The van der Waals surface area contributed by atoms with Crippen molar-refractivity contribution < 1.29 is 4.79 Å². The molecule has 2 rings (SSSR count). The van der Waals surface area contributed by atoms with Crippen molar-refractivity contribution >= 4 is 29.2 Å². The molecule has 0 saturated heterocycles. The van der Waals surface area contributed by atoms with Crippen molar-refractivity contribution in [2.75, 3.05) is 0 Å². The maximum atomic E-state index is 10.5. The Hall–Kier alpha value is -1.26. The Bertz CT molecular complexity index is 469. The largest absolute Gasteiger partial charge is 0.296 e. The quantitative estimate of drug-likeness (QED) is 0.737. The first-order valence-electron chi connectivity index (χ1n) is 3.82. The fourth-order valence-corrected chi connectivity index (χ4v) is 2.03. The van der Waals surface area contributed by atoms with Crippen molar-refractivity contribution in [1.82, 2.24) is 9.97 Å². The summed E-state index contributed by atoms with van der Waals surface area (Å²) in [5.74, 6) is 0. The number of aromatic nitrogens is 2. The Morgan fingerprint density at radius 2 is 2.21 bits per heavy atom. The number of halogens is 1. The van der Waals surface area contributed by atoms with Crippen molar-refractivity contribution in [3.63, 3.8) is 0 Å². The van der Waals surface area contributed by atoms with Crippen molar-refractivity contribution in [1.29, 1.82) is 0 Å². The van der Waals surface area contributed by atoms with Crippen LogP contribution in [0.2, 0.25) is 4.34 Å². The third-order valence-corrected chi connectivity index (χ3v) is 2.89. The lowest BCUT2D eigenvalue weighted by Crippen LogP contribution is -1.89. The van der Waals surface area contributed by atoms with E-state index < -0.39 is 0 Å². The van der Waals surface area contributed by atoms with Crippen LogP contribution in [0, 0.1) is 0 Å². The molecule has 0 bridgehead atoms. The van der Waals surface area contributed by atoms with Crippen LogP contribution < -0.4 is 0 Å². The van der Waals surface area contributed by atoms with Crippen LogP contribution in [0.1, 0.15) is 10.5 Å². The maximum absolute atomic E-state index is 10.5. The highest BCUT2D eigenvalue weighted by Crippen LogP contribution is 2.29. The molecule has 2 aromatic rings. The summed E-state index contributed by atoms with van der Waals surface area (Å²) in [5, 5.41) is 0. The van der Waals surface area contributed by atoms with Gasteiger partial charge in [0.25, 0.3) is 0 Å². The molecule has 0 aliphatic rings. The molecule has 3 nitrogen and oxygen atoms in total. The first kappa shape index (κ1) is 9.30. The molecule has 2 heterocycles. The van der Waals surface area contributed by atoms with Gasteiger partial charge < -0.3 is 0 Å². The molecule has 0 fully saturated rings. The molecule has 0 aliphatic carbocycles. The number of thiophene rings is 1. The first-order chi connectivity index (χ1) is 6.79. The van der Waals surface area contributed by atoms with Crippen LogP contribution in [0.15, 0.2) is 24.5 Å². The van der Waals surface area contributed by atoms with E-state index in [2.05, 4.69) is 9.97 Å². The third kappa shape index (κ3) is 1.81. The minimum atomic E-state index is 0.375. The van der Waals surface area contributed by atoms with Crippen LogP contribution >= 0.6 is 22.9 Å². The van der Waals surface area contributed by atoms with E-state index in [-0.39, 0.29) is 0 Å². The van der Waals surface area contributed by atoms with E-state index >= 15 is 0 Å². The Morgan fingerprint density at radius 3 is 2.86 bits per heavy atom. The van der Waals surface area contributed by atoms with Crippen LogP contribution in [0.3, 0.4) is 0 Å². The molecule has 2 aromatic heterocycles. The number of carbonyl (C=O) groups excluding carboxylic acids is 1.